The van der Waals surface area contributed by atoms with Crippen molar-refractivity contribution >= 4 is 11.6 Å². The largest absolute Gasteiger partial charge is 0.494 e. The molecule has 0 aromatic heterocycles. The number of likely N-dealkylation sites (N-methyl/N-ethyl adjacent to an activating group) is 1. The van der Waals surface area contributed by atoms with Gasteiger partial charge in [-0.3, -0.25) is 0 Å². The molecular weight excluding hydrogens is 282 g/mol. The number of hydrogen-bond acceptors (Lipinski definition) is 2. The topological polar surface area (TPSA) is 21.3 Å². The molecule has 0 bridgehead atoms. The summed E-state index contributed by atoms with van der Waals surface area (Å²) in [7, 11) is 0. The van der Waals surface area contributed by atoms with Crippen molar-refractivity contribution in [3.63, 3.8) is 0 Å². The monoisotopic (exact) mass is 303 g/mol. The highest BCUT2D eigenvalue weighted by atomic mass is 35.5. The van der Waals surface area contributed by atoms with Gasteiger partial charge in [-0.15, -0.1) is 0 Å². The van der Waals surface area contributed by atoms with Crippen LogP contribution in [0.1, 0.15) is 31.0 Å². The number of benzene rings is 2. The average molecular weight is 304 g/mol. The summed E-state index contributed by atoms with van der Waals surface area (Å²) in [4.78, 5) is 0. The molecule has 0 radical (unpaired) electrons. The summed E-state index contributed by atoms with van der Waals surface area (Å²) < 4.78 is 5.59. The molecular formula is C18H22ClNO. The second-order valence-electron chi connectivity index (χ2n) is 4.91. The molecule has 0 saturated heterocycles. The molecule has 0 heterocycles. The van der Waals surface area contributed by atoms with E-state index in [1.54, 1.807) is 0 Å². The van der Waals surface area contributed by atoms with Gasteiger partial charge < -0.3 is 10.1 Å². The van der Waals surface area contributed by atoms with Gasteiger partial charge in [-0.05, 0) is 49.2 Å². The van der Waals surface area contributed by atoms with E-state index < -0.39 is 0 Å². The third-order valence-electron chi connectivity index (χ3n) is 3.40. The maximum Gasteiger partial charge on any atom is 0.119 e. The van der Waals surface area contributed by atoms with Crippen molar-refractivity contribution in [2.45, 2.75) is 26.3 Å². The van der Waals surface area contributed by atoms with Gasteiger partial charge in [0.2, 0.25) is 0 Å². The third-order valence-corrected chi connectivity index (χ3v) is 3.77. The Morgan fingerprint density at radius 2 is 1.90 bits per heavy atom. The molecule has 1 atom stereocenters. The first-order chi connectivity index (χ1) is 10.2. The van der Waals surface area contributed by atoms with Crippen LogP contribution < -0.4 is 10.1 Å². The summed E-state index contributed by atoms with van der Waals surface area (Å²) in [6.45, 7) is 5.71. The molecule has 3 heteroatoms. The van der Waals surface area contributed by atoms with Gasteiger partial charge in [0.05, 0.1) is 6.61 Å². The lowest BCUT2D eigenvalue weighted by Gasteiger charge is -2.20. The Hall–Kier alpha value is -1.51. The van der Waals surface area contributed by atoms with Crippen LogP contribution in [0.15, 0.2) is 48.5 Å². The van der Waals surface area contributed by atoms with E-state index in [0.29, 0.717) is 6.61 Å². The fourth-order valence-corrected chi connectivity index (χ4v) is 2.64. The van der Waals surface area contributed by atoms with Crippen LogP contribution in [-0.2, 0) is 6.42 Å². The number of halogens is 1. The van der Waals surface area contributed by atoms with Gasteiger partial charge in [-0.25, -0.2) is 0 Å². The lowest BCUT2D eigenvalue weighted by Crippen LogP contribution is -2.23. The maximum atomic E-state index is 6.28. The van der Waals surface area contributed by atoms with Gasteiger partial charge in [-0.1, -0.05) is 48.9 Å². The van der Waals surface area contributed by atoms with Crippen LogP contribution in [0, 0.1) is 0 Å². The molecule has 0 saturated carbocycles. The smallest absolute Gasteiger partial charge is 0.119 e. The normalized spacial score (nSPS) is 12.1. The maximum absolute atomic E-state index is 6.28. The fraction of sp³-hybridized carbons (Fsp3) is 0.333. The SMILES string of the molecule is CCNC(Cc1ccccc1Cl)c1cccc(OCC)c1. The van der Waals surface area contributed by atoms with Crippen molar-refractivity contribution in [1.29, 1.82) is 0 Å². The van der Waals surface area contributed by atoms with Crippen LogP contribution in [-0.4, -0.2) is 13.2 Å². The average Bonchev–Trinajstić information content (AvgIpc) is 2.49. The second kappa shape index (κ2) is 8.06. The van der Waals surface area contributed by atoms with Gasteiger partial charge in [0, 0.05) is 11.1 Å². The summed E-state index contributed by atoms with van der Waals surface area (Å²) in [5.41, 5.74) is 2.38. The summed E-state index contributed by atoms with van der Waals surface area (Å²) in [6, 6.07) is 16.5. The Kier molecular flexibility index (Phi) is 6.09. The van der Waals surface area contributed by atoms with Crippen molar-refractivity contribution in [2.24, 2.45) is 0 Å². The van der Waals surface area contributed by atoms with E-state index >= 15 is 0 Å². The van der Waals surface area contributed by atoms with E-state index in [2.05, 4.69) is 30.4 Å². The van der Waals surface area contributed by atoms with E-state index in [4.69, 9.17) is 16.3 Å². The van der Waals surface area contributed by atoms with E-state index in [0.717, 1.165) is 29.3 Å². The molecule has 0 fully saturated rings. The Morgan fingerprint density at radius 3 is 2.62 bits per heavy atom. The lowest BCUT2D eigenvalue weighted by atomic mass is 9.98. The van der Waals surface area contributed by atoms with Crippen molar-refractivity contribution in [3.05, 3.63) is 64.7 Å². The van der Waals surface area contributed by atoms with Crippen LogP contribution in [0.2, 0.25) is 5.02 Å². The zero-order chi connectivity index (χ0) is 15.1. The molecule has 2 aromatic rings. The van der Waals surface area contributed by atoms with Crippen LogP contribution in [0.5, 0.6) is 5.75 Å². The zero-order valence-electron chi connectivity index (χ0n) is 12.6. The molecule has 112 valence electrons. The van der Waals surface area contributed by atoms with Crippen molar-refractivity contribution in [3.8, 4) is 5.75 Å². The lowest BCUT2D eigenvalue weighted by molar-refractivity contribution is 0.339. The first-order valence-corrected chi connectivity index (χ1v) is 7.82. The van der Waals surface area contributed by atoms with Crippen molar-refractivity contribution in [2.75, 3.05) is 13.2 Å². The minimum absolute atomic E-state index is 0.232. The zero-order valence-corrected chi connectivity index (χ0v) is 13.4. The number of rotatable bonds is 7. The molecule has 1 unspecified atom stereocenters. The molecule has 0 aliphatic heterocycles. The summed E-state index contributed by atoms with van der Waals surface area (Å²) in [5, 5.41) is 4.35. The Labute approximate surface area is 132 Å². The standard InChI is InChI=1S/C18H22ClNO/c1-3-20-18(13-14-8-5-6-11-17(14)19)15-9-7-10-16(12-15)21-4-2/h5-12,18,20H,3-4,13H2,1-2H3. The van der Waals surface area contributed by atoms with Gasteiger partial charge in [0.15, 0.2) is 0 Å². The van der Waals surface area contributed by atoms with E-state index in [1.165, 1.54) is 5.56 Å². The molecule has 2 nitrogen and oxygen atoms in total. The van der Waals surface area contributed by atoms with Gasteiger partial charge in [0.1, 0.15) is 5.75 Å². The fourth-order valence-electron chi connectivity index (χ4n) is 2.43. The second-order valence-corrected chi connectivity index (χ2v) is 5.32. The van der Waals surface area contributed by atoms with Gasteiger partial charge in [-0.2, -0.15) is 0 Å². The van der Waals surface area contributed by atoms with Crippen LogP contribution in [0.3, 0.4) is 0 Å². The molecule has 0 aliphatic carbocycles. The Bertz CT molecular complexity index is 571. The van der Waals surface area contributed by atoms with Crippen molar-refractivity contribution < 1.29 is 4.74 Å². The van der Waals surface area contributed by atoms with E-state index in [9.17, 15) is 0 Å². The molecule has 0 spiro atoms. The molecule has 1 N–H and O–H groups in total. The highest BCUT2D eigenvalue weighted by Crippen LogP contribution is 2.25. The number of hydrogen-bond donors (Lipinski definition) is 1. The molecule has 21 heavy (non-hydrogen) atoms. The summed E-state index contributed by atoms with van der Waals surface area (Å²) >= 11 is 6.28. The number of nitrogens with one attached hydrogen (secondary N) is 1. The Morgan fingerprint density at radius 1 is 1.10 bits per heavy atom. The quantitative estimate of drug-likeness (QED) is 0.805. The van der Waals surface area contributed by atoms with Crippen LogP contribution >= 0.6 is 11.6 Å². The number of ether oxygens (including phenoxy) is 1. The summed E-state index contributed by atoms with van der Waals surface area (Å²) in [5.74, 6) is 0.914. The Balaban J connectivity index is 2.22. The highest BCUT2D eigenvalue weighted by molar-refractivity contribution is 6.31. The molecule has 0 aliphatic rings. The van der Waals surface area contributed by atoms with Gasteiger partial charge in [0.25, 0.3) is 0 Å². The van der Waals surface area contributed by atoms with E-state index in [-0.39, 0.29) is 6.04 Å². The van der Waals surface area contributed by atoms with E-state index in [1.807, 2.05) is 37.3 Å². The predicted molar refractivity (Wildman–Crippen MR) is 89.2 cm³/mol. The minimum Gasteiger partial charge on any atom is -0.494 e. The highest BCUT2D eigenvalue weighted by Gasteiger charge is 2.13. The summed E-state index contributed by atoms with van der Waals surface area (Å²) in [6.07, 6.45) is 0.864. The first-order valence-electron chi connectivity index (χ1n) is 7.44. The van der Waals surface area contributed by atoms with Crippen molar-refractivity contribution in [1.82, 2.24) is 5.32 Å². The molecule has 2 aromatic carbocycles. The van der Waals surface area contributed by atoms with Gasteiger partial charge >= 0.3 is 0 Å². The molecule has 2 rings (SSSR count). The molecule has 0 amide bonds. The third kappa shape index (κ3) is 4.48. The first kappa shape index (κ1) is 15.9. The van der Waals surface area contributed by atoms with Crippen LogP contribution in [0.4, 0.5) is 0 Å². The minimum atomic E-state index is 0.232. The van der Waals surface area contributed by atoms with Crippen LogP contribution in [0.25, 0.3) is 0 Å². The predicted octanol–water partition coefficient (Wildman–Crippen LogP) is 4.63.